The zero-order chi connectivity index (χ0) is 11.8. The summed E-state index contributed by atoms with van der Waals surface area (Å²) in [5, 5.41) is 3.33. The van der Waals surface area contributed by atoms with E-state index in [4.69, 9.17) is 0 Å². The van der Waals surface area contributed by atoms with Crippen LogP contribution in [0, 0.1) is 0 Å². The third-order valence-corrected chi connectivity index (χ3v) is 4.58. The second-order valence-electron chi connectivity index (χ2n) is 5.78. The number of carbonyl (C=O) groups excluding carboxylic acids is 1. The van der Waals surface area contributed by atoms with Crippen LogP contribution in [0.5, 0.6) is 0 Å². The van der Waals surface area contributed by atoms with Crippen molar-refractivity contribution in [3.8, 4) is 0 Å². The number of carbonyl (C=O) groups is 1. The monoisotopic (exact) mass is 309 g/mol. The highest BCUT2D eigenvalue weighted by molar-refractivity contribution is 5.85. The standard InChI is InChI=1S/C13H23N3O.2ClH/c1-10-8-15-7-3-4-11(15)9-16(10)13(17)12-5-2-6-14-12;;/h10-12,14H,2-9H2,1H3;2*1H. The van der Waals surface area contributed by atoms with Gasteiger partial charge in [-0.05, 0) is 45.7 Å². The number of nitrogens with zero attached hydrogens (tertiary/aromatic N) is 2. The normalized spacial score (nSPS) is 34.4. The lowest BCUT2D eigenvalue weighted by molar-refractivity contribution is -0.138. The van der Waals surface area contributed by atoms with Crippen LogP contribution in [0.1, 0.15) is 32.6 Å². The van der Waals surface area contributed by atoms with Crippen LogP contribution < -0.4 is 5.32 Å². The molecule has 0 bridgehead atoms. The summed E-state index contributed by atoms with van der Waals surface area (Å²) in [6.45, 7) is 6.47. The Morgan fingerprint density at radius 1 is 1.16 bits per heavy atom. The van der Waals surface area contributed by atoms with Gasteiger partial charge in [0, 0.05) is 25.2 Å². The maximum atomic E-state index is 12.4. The van der Waals surface area contributed by atoms with Gasteiger partial charge in [0.1, 0.15) is 0 Å². The number of halogens is 2. The van der Waals surface area contributed by atoms with Crippen molar-refractivity contribution >= 4 is 30.7 Å². The molecule has 3 unspecified atom stereocenters. The highest BCUT2D eigenvalue weighted by atomic mass is 35.5. The fourth-order valence-corrected chi connectivity index (χ4v) is 3.59. The van der Waals surface area contributed by atoms with Gasteiger partial charge in [-0.1, -0.05) is 0 Å². The molecule has 6 heteroatoms. The predicted molar refractivity (Wildman–Crippen MR) is 81.3 cm³/mol. The van der Waals surface area contributed by atoms with Crippen LogP contribution in [0.15, 0.2) is 0 Å². The lowest BCUT2D eigenvalue weighted by atomic mass is 10.1. The SMILES string of the molecule is CC1CN2CCCC2CN1C(=O)C1CCCN1.Cl.Cl. The van der Waals surface area contributed by atoms with Gasteiger partial charge in [0.2, 0.25) is 5.91 Å². The summed E-state index contributed by atoms with van der Waals surface area (Å²) in [4.78, 5) is 17.1. The minimum Gasteiger partial charge on any atom is -0.336 e. The minimum atomic E-state index is 0. The summed E-state index contributed by atoms with van der Waals surface area (Å²) >= 11 is 0. The van der Waals surface area contributed by atoms with Crippen LogP contribution in [0.25, 0.3) is 0 Å². The quantitative estimate of drug-likeness (QED) is 0.792. The molecule has 1 N–H and O–H groups in total. The van der Waals surface area contributed by atoms with E-state index in [2.05, 4.69) is 22.0 Å². The van der Waals surface area contributed by atoms with E-state index in [1.807, 2.05) is 0 Å². The molecule has 1 amide bonds. The molecule has 3 heterocycles. The molecule has 0 aliphatic carbocycles. The number of hydrogen-bond acceptors (Lipinski definition) is 3. The maximum absolute atomic E-state index is 12.4. The molecule has 3 rings (SSSR count). The van der Waals surface area contributed by atoms with E-state index in [-0.39, 0.29) is 30.9 Å². The van der Waals surface area contributed by atoms with Crippen LogP contribution in [0.3, 0.4) is 0 Å². The van der Waals surface area contributed by atoms with Crippen LogP contribution in [0.2, 0.25) is 0 Å². The van der Waals surface area contributed by atoms with Gasteiger partial charge in [0.25, 0.3) is 0 Å². The van der Waals surface area contributed by atoms with Crippen LogP contribution in [0.4, 0.5) is 0 Å². The summed E-state index contributed by atoms with van der Waals surface area (Å²) in [7, 11) is 0. The Kier molecular flexibility index (Phi) is 6.37. The van der Waals surface area contributed by atoms with Crippen LogP contribution in [-0.2, 0) is 4.79 Å². The van der Waals surface area contributed by atoms with Gasteiger partial charge in [-0.15, -0.1) is 24.8 Å². The second kappa shape index (κ2) is 7.11. The van der Waals surface area contributed by atoms with E-state index in [0.29, 0.717) is 18.0 Å². The summed E-state index contributed by atoms with van der Waals surface area (Å²) in [5.74, 6) is 0.349. The largest absolute Gasteiger partial charge is 0.336 e. The molecular formula is C13H25Cl2N3O. The van der Waals surface area contributed by atoms with E-state index < -0.39 is 0 Å². The average Bonchev–Trinajstić information content (AvgIpc) is 2.97. The Labute approximate surface area is 128 Å². The van der Waals surface area contributed by atoms with Gasteiger partial charge in [-0.2, -0.15) is 0 Å². The average molecular weight is 310 g/mol. The summed E-state index contributed by atoms with van der Waals surface area (Å²) in [5.41, 5.74) is 0. The molecule has 3 aliphatic heterocycles. The van der Waals surface area contributed by atoms with Gasteiger partial charge in [0.05, 0.1) is 6.04 Å². The Balaban J connectivity index is 0.000000902. The Morgan fingerprint density at radius 2 is 1.95 bits per heavy atom. The minimum absolute atomic E-state index is 0. The molecule has 0 radical (unpaired) electrons. The first-order valence-electron chi connectivity index (χ1n) is 7.03. The van der Waals surface area contributed by atoms with Gasteiger partial charge >= 0.3 is 0 Å². The maximum Gasteiger partial charge on any atom is 0.240 e. The molecule has 3 saturated heterocycles. The predicted octanol–water partition coefficient (Wildman–Crippen LogP) is 1.28. The number of amides is 1. The molecule has 0 saturated carbocycles. The zero-order valence-electron chi connectivity index (χ0n) is 11.5. The lowest BCUT2D eigenvalue weighted by Crippen LogP contribution is -2.59. The van der Waals surface area contributed by atoms with Crippen molar-refractivity contribution in [2.75, 3.05) is 26.2 Å². The van der Waals surface area contributed by atoms with Crippen molar-refractivity contribution in [1.29, 1.82) is 0 Å². The summed E-state index contributed by atoms with van der Waals surface area (Å²) < 4.78 is 0. The highest BCUT2D eigenvalue weighted by Gasteiger charge is 2.38. The topological polar surface area (TPSA) is 35.6 Å². The van der Waals surface area contributed by atoms with Gasteiger partial charge < -0.3 is 10.2 Å². The first kappa shape index (κ1) is 17.0. The number of nitrogens with one attached hydrogen (secondary N) is 1. The number of piperazine rings is 1. The number of rotatable bonds is 1. The molecule has 0 aromatic carbocycles. The molecule has 3 atom stereocenters. The molecule has 0 spiro atoms. The third-order valence-electron chi connectivity index (χ3n) is 4.58. The molecule has 4 nitrogen and oxygen atoms in total. The molecular weight excluding hydrogens is 285 g/mol. The van der Waals surface area contributed by atoms with Crippen molar-refractivity contribution < 1.29 is 4.79 Å². The van der Waals surface area contributed by atoms with Crippen molar-refractivity contribution in [2.24, 2.45) is 0 Å². The molecule has 3 fully saturated rings. The second-order valence-corrected chi connectivity index (χ2v) is 5.78. The first-order chi connectivity index (χ1) is 8.25. The summed E-state index contributed by atoms with van der Waals surface area (Å²) in [6.07, 6.45) is 4.75. The fraction of sp³-hybridized carbons (Fsp3) is 0.923. The fourth-order valence-electron chi connectivity index (χ4n) is 3.59. The zero-order valence-corrected chi connectivity index (χ0v) is 13.1. The Bertz CT molecular complexity index is 310. The molecule has 0 aromatic heterocycles. The van der Waals surface area contributed by atoms with Gasteiger partial charge in [-0.3, -0.25) is 9.69 Å². The van der Waals surface area contributed by atoms with E-state index in [0.717, 1.165) is 32.5 Å². The van der Waals surface area contributed by atoms with Crippen LogP contribution >= 0.6 is 24.8 Å². The Morgan fingerprint density at radius 3 is 2.63 bits per heavy atom. The van der Waals surface area contributed by atoms with Crippen molar-refractivity contribution in [1.82, 2.24) is 15.1 Å². The van der Waals surface area contributed by atoms with E-state index in [1.54, 1.807) is 0 Å². The Hall–Kier alpha value is -0.0300. The van der Waals surface area contributed by atoms with Crippen LogP contribution in [-0.4, -0.2) is 60.0 Å². The molecule has 19 heavy (non-hydrogen) atoms. The molecule has 0 aromatic rings. The highest BCUT2D eigenvalue weighted by Crippen LogP contribution is 2.25. The van der Waals surface area contributed by atoms with Crippen molar-refractivity contribution in [3.05, 3.63) is 0 Å². The molecule has 3 aliphatic rings. The summed E-state index contributed by atoms with van der Waals surface area (Å²) in [6, 6.07) is 1.13. The van der Waals surface area contributed by atoms with Gasteiger partial charge in [0.15, 0.2) is 0 Å². The van der Waals surface area contributed by atoms with E-state index >= 15 is 0 Å². The van der Waals surface area contributed by atoms with Crippen molar-refractivity contribution in [2.45, 2.75) is 50.7 Å². The first-order valence-corrected chi connectivity index (χ1v) is 7.03. The molecule has 112 valence electrons. The van der Waals surface area contributed by atoms with Gasteiger partial charge in [-0.25, -0.2) is 0 Å². The van der Waals surface area contributed by atoms with E-state index in [1.165, 1.54) is 19.4 Å². The van der Waals surface area contributed by atoms with E-state index in [9.17, 15) is 4.79 Å². The lowest BCUT2D eigenvalue weighted by Gasteiger charge is -2.43. The third kappa shape index (κ3) is 3.35. The smallest absolute Gasteiger partial charge is 0.240 e. The van der Waals surface area contributed by atoms with Crippen molar-refractivity contribution in [3.63, 3.8) is 0 Å². The number of hydrogen-bond donors (Lipinski definition) is 1. The number of fused-ring (bicyclic) bond motifs is 1.